The summed E-state index contributed by atoms with van der Waals surface area (Å²) >= 11 is 0. The van der Waals surface area contributed by atoms with Crippen LogP contribution in [-0.4, -0.2) is 29.1 Å². The van der Waals surface area contributed by atoms with Crippen LogP contribution in [0.25, 0.3) is 0 Å². The second-order valence-corrected chi connectivity index (χ2v) is 16.4. The third kappa shape index (κ3) is 30.7. The summed E-state index contributed by atoms with van der Waals surface area (Å²) in [5.41, 5.74) is 0. The molecule has 1 rings (SSSR count). The van der Waals surface area contributed by atoms with E-state index in [0.717, 1.165) is 0 Å². The number of hydrogen-bond donors (Lipinski definition) is 0. The van der Waals surface area contributed by atoms with E-state index in [2.05, 4.69) is 43.0 Å². The molecule has 0 amide bonds. The molecule has 0 saturated heterocycles. The zero-order chi connectivity index (χ0) is 35.1. The molecular weight excluding hydrogens is 593 g/mol. The molecule has 292 valence electrons. The van der Waals surface area contributed by atoms with Gasteiger partial charge in [-0.1, -0.05) is 245 Å². The van der Waals surface area contributed by atoms with Gasteiger partial charge in [-0.25, -0.2) is 0 Å². The molecule has 2 heteroatoms. The highest BCUT2D eigenvalue weighted by Crippen LogP contribution is 2.24. The van der Waals surface area contributed by atoms with Gasteiger partial charge >= 0.3 is 0 Å². The summed E-state index contributed by atoms with van der Waals surface area (Å²) in [7, 11) is 0. The first-order valence-corrected chi connectivity index (χ1v) is 23.5. The van der Waals surface area contributed by atoms with Gasteiger partial charge < -0.3 is 9.80 Å². The predicted octanol–water partition coefficient (Wildman–Crippen LogP) is 16.7. The van der Waals surface area contributed by atoms with E-state index in [4.69, 9.17) is 0 Å². The molecule has 1 atom stereocenters. The summed E-state index contributed by atoms with van der Waals surface area (Å²) in [5, 5.41) is 0. The van der Waals surface area contributed by atoms with Crippen LogP contribution in [0.1, 0.15) is 271 Å². The molecule has 1 unspecified atom stereocenters. The third-order valence-corrected chi connectivity index (χ3v) is 11.6. The van der Waals surface area contributed by atoms with E-state index < -0.39 is 0 Å². The monoisotopic (exact) mass is 687 g/mol. The van der Waals surface area contributed by atoms with Gasteiger partial charge in [0.1, 0.15) is 6.17 Å². The molecule has 0 fully saturated rings. The van der Waals surface area contributed by atoms with Crippen molar-refractivity contribution < 1.29 is 0 Å². The van der Waals surface area contributed by atoms with E-state index in [0.29, 0.717) is 6.17 Å². The number of rotatable bonds is 41. The molecule has 1 aliphatic rings. The lowest BCUT2D eigenvalue weighted by Crippen LogP contribution is -2.39. The topological polar surface area (TPSA) is 6.48 Å². The fraction of sp³-hybridized carbons (Fsp3) is 0.957. The van der Waals surface area contributed by atoms with Crippen LogP contribution in [0.4, 0.5) is 0 Å². The molecule has 1 aliphatic heterocycles. The molecule has 2 nitrogen and oxygen atoms in total. The van der Waals surface area contributed by atoms with Crippen LogP contribution in [0, 0.1) is 0 Å². The van der Waals surface area contributed by atoms with Gasteiger partial charge in [0, 0.05) is 25.5 Å². The Balaban J connectivity index is 2.20. The fourth-order valence-electron chi connectivity index (χ4n) is 8.13. The molecule has 1 heterocycles. The van der Waals surface area contributed by atoms with Crippen molar-refractivity contribution in [3.05, 3.63) is 12.4 Å². The van der Waals surface area contributed by atoms with Crippen LogP contribution in [0.2, 0.25) is 0 Å². The van der Waals surface area contributed by atoms with Crippen molar-refractivity contribution >= 4 is 0 Å². The maximum Gasteiger partial charge on any atom is 0.101 e. The van der Waals surface area contributed by atoms with Crippen LogP contribution >= 0.6 is 0 Å². The van der Waals surface area contributed by atoms with Crippen molar-refractivity contribution in [1.82, 2.24) is 9.80 Å². The first-order chi connectivity index (χ1) is 24.3. The van der Waals surface area contributed by atoms with Crippen LogP contribution in [-0.2, 0) is 0 Å². The molecule has 49 heavy (non-hydrogen) atoms. The first kappa shape index (κ1) is 46.4. The van der Waals surface area contributed by atoms with Gasteiger partial charge in [0.05, 0.1) is 0 Å². The van der Waals surface area contributed by atoms with Crippen molar-refractivity contribution in [3.63, 3.8) is 0 Å². The Morgan fingerprint density at radius 3 is 0.714 bits per heavy atom. The molecular formula is C47H94N2. The second-order valence-electron chi connectivity index (χ2n) is 16.4. The summed E-state index contributed by atoms with van der Waals surface area (Å²) in [6.07, 6.45) is 61.9. The SMILES string of the molecule is CCCCCCCCCCCCCCCCN1C=CN(CCCCCCCCCCCCCCC)C1CCCCCCCCCCCCC. The Morgan fingerprint density at radius 2 is 0.469 bits per heavy atom. The lowest BCUT2D eigenvalue weighted by Gasteiger charge is -2.33. The smallest absolute Gasteiger partial charge is 0.101 e. The van der Waals surface area contributed by atoms with Gasteiger partial charge in [-0.2, -0.15) is 0 Å². The Morgan fingerprint density at radius 1 is 0.265 bits per heavy atom. The van der Waals surface area contributed by atoms with Gasteiger partial charge in [0.25, 0.3) is 0 Å². The van der Waals surface area contributed by atoms with Crippen molar-refractivity contribution in [1.29, 1.82) is 0 Å². The zero-order valence-corrected chi connectivity index (χ0v) is 34.6. The van der Waals surface area contributed by atoms with Crippen LogP contribution in [0.15, 0.2) is 12.4 Å². The van der Waals surface area contributed by atoms with E-state index in [1.165, 1.54) is 264 Å². The van der Waals surface area contributed by atoms with Crippen molar-refractivity contribution in [2.45, 2.75) is 277 Å². The van der Waals surface area contributed by atoms with Gasteiger partial charge in [0.2, 0.25) is 0 Å². The van der Waals surface area contributed by atoms with E-state index in [1.807, 2.05) is 0 Å². The van der Waals surface area contributed by atoms with E-state index in [9.17, 15) is 0 Å². The molecule has 0 aromatic rings. The van der Waals surface area contributed by atoms with Gasteiger partial charge in [0.15, 0.2) is 0 Å². The second kappa shape index (κ2) is 38.6. The number of hydrogen-bond acceptors (Lipinski definition) is 2. The van der Waals surface area contributed by atoms with Crippen molar-refractivity contribution in [2.75, 3.05) is 13.1 Å². The van der Waals surface area contributed by atoms with Crippen LogP contribution in [0.5, 0.6) is 0 Å². The minimum atomic E-state index is 0.637. The average Bonchev–Trinajstić information content (AvgIpc) is 3.50. The standard InChI is InChI=1S/C47H94N2/c1-4-7-10-13-16-19-22-24-26-29-32-35-38-41-44-49-46-45-48(43-40-37-34-31-28-25-23-20-17-14-11-8-5-2)47(49)42-39-36-33-30-27-21-18-15-12-9-6-3/h45-47H,4-44H2,1-3H3. The largest absolute Gasteiger partial charge is 0.356 e. The number of unbranched alkanes of at least 4 members (excludes halogenated alkanes) is 35. The van der Waals surface area contributed by atoms with Crippen LogP contribution < -0.4 is 0 Å². The maximum absolute atomic E-state index is 2.74. The zero-order valence-electron chi connectivity index (χ0n) is 34.6. The van der Waals surface area contributed by atoms with E-state index >= 15 is 0 Å². The van der Waals surface area contributed by atoms with Gasteiger partial charge in [-0.15, -0.1) is 0 Å². The molecule has 0 aliphatic carbocycles. The molecule has 0 saturated carbocycles. The molecule has 0 N–H and O–H groups in total. The molecule has 0 spiro atoms. The summed E-state index contributed by atoms with van der Waals surface area (Å²) < 4.78 is 0. The summed E-state index contributed by atoms with van der Waals surface area (Å²) in [6.45, 7) is 9.49. The Labute approximate surface area is 311 Å². The highest BCUT2D eigenvalue weighted by molar-refractivity contribution is 4.97. The normalized spacial score (nSPS) is 14.6. The summed E-state index contributed by atoms with van der Waals surface area (Å²) in [5.74, 6) is 0. The Hall–Kier alpha value is -0.660. The Kier molecular flexibility index (Phi) is 36.5. The third-order valence-electron chi connectivity index (χ3n) is 11.6. The molecule has 0 aromatic carbocycles. The van der Waals surface area contributed by atoms with E-state index in [1.54, 1.807) is 0 Å². The highest BCUT2D eigenvalue weighted by atomic mass is 15.4. The highest BCUT2D eigenvalue weighted by Gasteiger charge is 2.24. The lowest BCUT2D eigenvalue weighted by molar-refractivity contribution is 0.135. The van der Waals surface area contributed by atoms with Crippen molar-refractivity contribution in [3.8, 4) is 0 Å². The molecule has 0 radical (unpaired) electrons. The van der Waals surface area contributed by atoms with Crippen LogP contribution in [0.3, 0.4) is 0 Å². The predicted molar refractivity (Wildman–Crippen MR) is 223 cm³/mol. The number of nitrogens with zero attached hydrogens (tertiary/aromatic N) is 2. The van der Waals surface area contributed by atoms with Gasteiger partial charge in [-0.3, -0.25) is 0 Å². The maximum atomic E-state index is 2.74. The molecule has 0 aromatic heterocycles. The lowest BCUT2D eigenvalue weighted by atomic mass is 10.0. The van der Waals surface area contributed by atoms with E-state index in [-0.39, 0.29) is 0 Å². The first-order valence-electron chi connectivity index (χ1n) is 23.5. The average molecular weight is 687 g/mol. The quantitative estimate of drug-likeness (QED) is 0.0591. The fourth-order valence-corrected chi connectivity index (χ4v) is 8.13. The van der Waals surface area contributed by atoms with Gasteiger partial charge in [-0.05, 0) is 25.7 Å². The summed E-state index contributed by atoms with van der Waals surface area (Å²) in [6, 6.07) is 0. The Bertz CT molecular complexity index is 644. The molecule has 0 bridgehead atoms. The minimum Gasteiger partial charge on any atom is -0.356 e. The minimum absolute atomic E-state index is 0.637. The summed E-state index contributed by atoms with van der Waals surface area (Å²) in [4.78, 5) is 5.47. The van der Waals surface area contributed by atoms with Crippen molar-refractivity contribution in [2.24, 2.45) is 0 Å².